The van der Waals surface area contributed by atoms with Gasteiger partial charge in [0.05, 0.1) is 13.7 Å². The molecule has 2 aromatic rings. The fraction of sp³-hybridized carbons (Fsp3) is 0.476. The van der Waals surface area contributed by atoms with E-state index < -0.39 is 0 Å². The van der Waals surface area contributed by atoms with Crippen molar-refractivity contribution in [2.24, 2.45) is 0 Å². The van der Waals surface area contributed by atoms with Gasteiger partial charge in [-0.3, -0.25) is 14.3 Å². The van der Waals surface area contributed by atoms with Crippen LogP contribution in [0.15, 0.2) is 30.3 Å². The summed E-state index contributed by atoms with van der Waals surface area (Å²) >= 11 is 0. The lowest BCUT2D eigenvalue weighted by atomic mass is 9.95. The lowest BCUT2D eigenvalue weighted by Gasteiger charge is -2.27. The number of carbonyl (C=O) groups is 2. The Hall–Kier alpha value is -2.83. The van der Waals surface area contributed by atoms with Crippen molar-refractivity contribution < 1.29 is 14.3 Å². The molecule has 148 valence electrons. The van der Waals surface area contributed by atoms with Gasteiger partial charge in [-0.05, 0) is 30.5 Å². The zero-order valence-electron chi connectivity index (χ0n) is 16.2. The number of nitrogens with zero attached hydrogens (tertiary/aromatic N) is 3. The maximum atomic E-state index is 12.9. The SMILES string of the molecule is COc1ccc(CN2CCn3nc(C(=O)NC4CCCCC4)cc3C2=O)cc1. The third-order valence-electron chi connectivity index (χ3n) is 5.57. The van der Waals surface area contributed by atoms with Crippen LogP contribution in [0.5, 0.6) is 5.75 Å². The maximum Gasteiger partial charge on any atom is 0.272 e. The van der Waals surface area contributed by atoms with E-state index in [1.54, 1.807) is 22.8 Å². The molecule has 2 aliphatic rings. The Bertz CT molecular complexity index is 853. The molecule has 0 spiro atoms. The van der Waals surface area contributed by atoms with Crippen LogP contribution < -0.4 is 10.1 Å². The standard InChI is InChI=1S/C21H26N4O3/c1-28-17-9-7-15(8-10-17)14-24-11-12-25-19(21(24)27)13-18(23-25)20(26)22-16-5-3-2-4-6-16/h7-10,13,16H,2-6,11-12,14H2,1H3,(H,22,26). The highest BCUT2D eigenvalue weighted by Gasteiger charge is 2.28. The summed E-state index contributed by atoms with van der Waals surface area (Å²) in [6, 6.07) is 9.55. The number of fused-ring (bicyclic) bond motifs is 1. The second kappa shape index (κ2) is 8.04. The molecule has 2 heterocycles. The lowest BCUT2D eigenvalue weighted by Crippen LogP contribution is -2.39. The van der Waals surface area contributed by atoms with Crippen molar-refractivity contribution >= 4 is 11.8 Å². The molecule has 2 amide bonds. The molecule has 1 aliphatic carbocycles. The zero-order valence-corrected chi connectivity index (χ0v) is 16.2. The first-order chi connectivity index (χ1) is 13.6. The molecule has 1 aromatic carbocycles. The number of aromatic nitrogens is 2. The van der Waals surface area contributed by atoms with Crippen LogP contribution in [0.2, 0.25) is 0 Å². The number of hydrogen-bond donors (Lipinski definition) is 1. The van der Waals surface area contributed by atoms with Crippen molar-refractivity contribution in [1.82, 2.24) is 20.0 Å². The summed E-state index contributed by atoms with van der Waals surface area (Å²) < 4.78 is 6.83. The van der Waals surface area contributed by atoms with E-state index in [2.05, 4.69) is 10.4 Å². The fourth-order valence-electron chi connectivity index (χ4n) is 3.96. The smallest absolute Gasteiger partial charge is 0.272 e. The van der Waals surface area contributed by atoms with Gasteiger partial charge in [-0.15, -0.1) is 0 Å². The largest absolute Gasteiger partial charge is 0.497 e. The minimum atomic E-state index is -0.177. The van der Waals surface area contributed by atoms with E-state index in [1.807, 2.05) is 24.3 Å². The van der Waals surface area contributed by atoms with Crippen LogP contribution in [0.3, 0.4) is 0 Å². The molecular weight excluding hydrogens is 356 g/mol. The monoisotopic (exact) mass is 382 g/mol. The van der Waals surface area contributed by atoms with Gasteiger partial charge in [-0.1, -0.05) is 31.4 Å². The van der Waals surface area contributed by atoms with E-state index in [9.17, 15) is 9.59 Å². The van der Waals surface area contributed by atoms with Crippen molar-refractivity contribution in [2.45, 2.75) is 51.2 Å². The molecule has 0 saturated heterocycles. The summed E-state index contributed by atoms with van der Waals surface area (Å²) in [5.41, 5.74) is 1.85. The molecule has 1 saturated carbocycles. The molecule has 0 atom stereocenters. The van der Waals surface area contributed by atoms with Gasteiger partial charge in [-0.25, -0.2) is 0 Å². The quantitative estimate of drug-likeness (QED) is 0.862. The van der Waals surface area contributed by atoms with Crippen molar-refractivity contribution in [3.63, 3.8) is 0 Å². The van der Waals surface area contributed by atoms with Crippen LogP contribution in [-0.2, 0) is 13.1 Å². The molecule has 1 aromatic heterocycles. The van der Waals surface area contributed by atoms with Crippen LogP contribution in [-0.4, -0.2) is 46.2 Å². The Morgan fingerprint density at radius 2 is 1.93 bits per heavy atom. The molecule has 28 heavy (non-hydrogen) atoms. The van der Waals surface area contributed by atoms with Gasteiger partial charge < -0.3 is 15.0 Å². The summed E-state index contributed by atoms with van der Waals surface area (Å²) in [4.78, 5) is 27.2. The van der Waals surface area contributed by atoms with Gasteiger partial charge in [0.1, 0.15) is 11.4 Å². The molecule has 7 nitrogen and oxygen atoms in total. The average molecular weight is 382 g/mol. The molecular formula is C21H26N4O3. The number of amides is 2. The van der Waals surface area contributed by atoms with Gasteiger partial charge in [0.15, 0.2) is 5.69 Å². The Balaban J connectivity index is 1.43. The average Bonchev–Trinajstić information content (AvgIpc) is 3.17. The topological polar surface area (TPSA) is 76.5 Å². The number of benzene rings is 1. The van der Waals surface area contributed by atoms with Crippen LogP contribution in [0, 0.1) is 0 Å². The molecule has 0 unspecified atom stereocenters. The second-order valence-corrected chi connectivity index (χ2v) is 7.52. The van der Waals surface area contributed by atoms with Crippen LogP contribution >= 0.6 is 0 Å². The van der Waals surface area contributed by atoms with E-state index >= 15 is 0 Å². The molecule has 1 aliphatic heterocycles. The highest BCUT2D eigenvalue weighted by molar-refractivity contribution is 5.98. The first-order valence-electron chi connectivity index (χ1n) is 9.95. The Labute approximate surface area is 164 Å². The van der Waals surface area contributed by atoms with Crippen LogP contribution in [0.4, 0.5) is 0 Å². The molecule has 0 radical (unpaired) electrons. The van der Waals surface area contributed by atoms with Crippen molar-refractivity contribution in [3.8, 4) is 5.75 Å². The van der Waals surface area contributed by atoms with E-state index in [1.165, 1.54) is 6.42 Å². The normalized spacial score (nSPS) is 17.3. The van der Waals surface area contributed by atoms with Gasteiger partial charge in [-0.2, -0.15) is 5.10 Å². The number of ether oxygens (including phenoxy) is 1. The van der Waals surface area contributed by atoms with Crippen molar-refractivity contribution in [1.29, 1.82) is 0 Å². The summed E-state index contributed by atoms with van der Waals surface area (Å²) in [6.45, 7) is 1.69. The van der Waals surface area contributed by atoms with E-state index in [4.69, 9.17) is 4.74 Å². The van der Waals surface area contributed by atoms with E-state index in [-0.39, 0.29) is 17.9 Å². The molecule has 4 rings (SSSR count). The van der Waals surface area contributed by atoms with Gasteiger partial charge in [0.2, 0.25) is 0 Å². The predicted octanol–water partition coefficient (Wildman–Crippen LogP) is 2.61. The predicted molar refractivity (Wildman–Crippen MR) is 104 cm³/mol. The van der Waals surface area contributed by atoms with Gasteiger partial charge >= 0.3 is 0 Å². The van der Waals surface area contributed by atoms with Gasteiger partial charge in [0.25, 0.3) is 11.8 Å². The summed E-state index contributed by atoms with van der Waals surface area (Å²) in [6.07, 6.45) is 5.60. The Kier molecular flexibility index (Phi) is 5.32. The van der Waals surface area contributed by atoms with Crippen molar-refractivity contribution in [3.05, 3.63) is 47.3 Å². The highest BCUT2D eigenvalue weighted by Crippen LogP contribution is 2.20. The lowest BCUT2D eigenvalue weighted by molar-refractivity contribution is 0.0683. The highest BCUT2D eigenvalue weighted by atomic mass is 16.5. The summed E-state index contributed by atoms with van der Waals surface area (Å²) in [7, 11) is 1.63. The summed E-state index contributed by atoms with van der Waals surface area (Å²) in [5, 5.41) is 7.44. The number of methoxy groups -OCH3 is 1. The maximum absolute atomic E-state index is 12.9. The number of nitrogens with one attached hydrogen (secondary N) is 1. The summed E-state index contributed by atoms with van der Waals surface area (Å²) in [5.74, 6) is 0.523. The third kappa shape index (κ3) is 3.88. The first-order valence-corrected chi connectivity index (χ1v) is 9.95. The zero-order chi connectivity index (χ0) is 19.5. The molecule has 0 bridgehead atoms. The minimum absolute atomic E-state index is 0.0914. The van der Waals surface area contributed by atoms with Gasteiger partial charge in [0, 0.05) is 25.2 Å². The molecule has 1 N–H and O–H groups in total. The second-order valence-electron chi connectivity index (χ2n) is 7.52. The molecule has 7 heteroatoms. The van der Waals surface area contributed by atoms with Crippen LogP contribution in [0.25, 0.3) is 0 Å². The fourth-order valence-corrected chi connectivity index (χ4v) is 3.96. The Morgan fingerprint density at radius 1 is 1.18 bits per heavy atom. The van der Waals surface area contributed by atoms with Crippen LogP contribution in [0.1, 0.15) is 58.6 Å². The van der Waals surface area contributed by atoms with E-state index in [0.717, 1.165) is 37.0 Å². The Morgan fingerprint density at radius 3 is 2.64 bits per heavy atom. The minimum Gasteiger partial charge on any atom is -0.497 e. The number of rotatable bonds is 5. The number of carbonyl (C=O) groups excluding carboxylic acids is 2. The van der Waals surface area contributed by atoms with E-state index in [0.29, 0.717) is 31.0 Å². The van der Waals surface area contributed by atoms with Crippen molar-refractivity contribution in [2.75, 3.05) is 13.7 Å². The number of hydrogen-bond acceptors (Lipinski definition) is 4. The third-order valence-corrected chi connectivity index (χ3v) is 5.57. The first kappa shape index (κ1) is 18.5. The molecule has 1 fully saturated rings.